The summed E-state index contributed by atoms with van der Waals surface area (Å²) in [4.78, 5) is 24.7. The Morgan fingerprint density at radius 3 is 2.71 bits per heavy atom. The van der Waals surface area contributed by atoms with Crippen molar-refractivity contribution in [2.75, 3.05) is 33.2 Å². The molecular formula is C13H17N5O3. The molecule has 3 atom stereocenters. The van der Waals surface area contributed by atoms with Crippen molar-refractivity contribution in [2.45, 2.75) is 6.04 Å². The van der Waals surface area contributed by atoms with Crippen LogP contribution in [-0.4, -0.2) is 52.7 Å². The number of methoxy groups -OCH3 is 2. The number of Topliss-reactive ketones (excluding diaryl/α,β-unsaturated/α-hetero) is 1. The van der Waals surface area contributed by atoms with Gasteiger partial charge in [-0.25, -0.2) is 15.0 Å². The molecule has 2 aromatic rings. The fourth-order valence-electron chi connectivity index (χ4n) is 2.94. The van der Waals surface area contributed by atoms with E-state index in [1.54, 1.807) is 25.1 Å². The van der Waals surface area contributed by atoms with Crippen molar-refractivity contribution in [1.82, 2.24) is 19.5 Å². The van der Waals surface area contributed by atoms with Crippen molar-refractivity contribution < 1.29 is 14.3 Å². The minimum absolute atomic E-state index is 0.0380. The van der Waals surface area contributed by atoms with Crippen LogP contribution in [0.3, 0.4) is 0 Å². The Kier molecular flexibility index (Phi) is 3.56. The number of rotatable bonds is 5. The lowest BCUT2D eigenvalue weighted by molar-refractivity contribution is -0.148. The molecule has 8 heteroatoms. The summed E-state index contributed by atoms with van der Waals surface area (Å²) in [6, 6.07) is -0.343. The smallest absolute Gasteiger partial charge is 0.166 e. The van der Waals surface area contributed by atoms with E-state index in [1.165, 1.54) is 6.33 Å². The molecule has 21 heavy (non-hydrogen) atoms. The summed E-state index contributed by atoms with van der Waals surface area (Å²) in [5.74, 6) is 0.297. The van der Waals surface area contributed by atoms with Crippen molar-refractivity contribution in [3.63, 3.8) is 0 Å². The van der Waals surface area contributed by atoms with Crippen LogP contribution in [0, 0.1) is 11.8 Å². The molecule has 8 nitrogen and oxygen atoms in total. The number of fused-ring (bicyclic) bond motifs is 1. The zero-order valence-corrected chi connectivity index (χ0v) is 11.9. The molecule has 0 spiro atoms. The Morgan fingerprint density at radius 1 is 1.24 bits per heavy atom. The van der Waals surface area contributed by atoms with E-state index in [1.807, 2.05) is 0 Å². The second-order valence-corrected chi connectivity index (χ2v) is 5.11. The average molecular weight is 291 g/mol. The van der Waals surface area contributed by atoms with Crippen molar-refractivity contribution >= 4 is 22.8 Å². The number of hydrogen-bond acceptors (Lipinski definition) is 7. The molecule has 2 heterocycles. The van der Waals surface area contributed by atoms with Crippen LogP contribution in [0.15, 0.2) is 12.7 Å². The number of imidazole rings is 1. The summed E-state index contributed by atoms with van der Waals surface area (Å²) in [5.41, 5.74) is 6.85. The molecule has 3 rings (SSSR count). The highest BCUT2D eigenvalue weighted by Crippen LogP contribution is 2.42. The largest absolute Gasteiger partial charge is 0.384 e. The Bertz CT molecular complexity index is 671. The van der Waals surface area contributed by atoms with E-state index in [0.717, 1.165) is 0 Å². The number of hydrogen-bond donors (Lipinski definition) is 1. The normalized spacial score (nSPS) is 25.2. The van der Waals surface area contributed by atoms with Crippen LogP contribution in [0.5, 0.6) is 0 Å². The monoisotopic (exact) mass is 291 g/mol. The van der Waals surface area contributed by atoms with Gasteiger partial charge in [-0.3, -0.25) is 4.79 Å². The summed E-state index contributed by atoms with van der Waals surface area (Å²) >= 11 is 0. The van der Waals surface area contributed by atoms with Crippen molar-refractivity contribution in [3.05, 3.63) is 12.7 Å². The lowest BCUT2D eigenvalue weighted by Gasteiger charge is -2.42. The number of ether oxygens (including phenoxy) is 2. The predicted octanol–water partition coefficient (Wildman–Crippen LogP) is 0.0575. The first-order valence-corrected chi connectivity index (χ1v) is 6.63. The standard InChI is InChI=1S/C13H17N5O3/c1-20-3-7-8(4-21-2)11(19)10(7)18-6-17-9-12(14)15-5-16-13(9)18/h5-8,10H,3-4H2,1-2H3,(H2,14,15,16)/t7-,8-,10+/m1/s1. The van der Waals surface area contributed by atoms with Gasteiger partial charge in [0.25, 0.3) is 0 Å². The molecule has 2 N–H and O–H groups in total. The van der Waals surface area contributed by atoms with E-state index < -0.39 is 0 Å². The van der Waals surface area contributed by atoms with Crippen molar-refractivity contribution in [2.24, 2.45) is 11.8 Å². The average Bonchev–Trinajstić information content (AvgIpc) is 2.90. The van der Waals surface area contributed by atoms with Gasteiger partial charge in [-0.15, -0.1) is 0 Å². The number of nitrogens with zero attached hydrogens (tertiary/aromatic N) is 4. The number of nitrogen functional groups attached to an aromatic ring is 1. The molecule has 0 aromatic carbocycles. The van der Waals surface area contributed by atoms with Crippen LogP contribution in [0.2, 0.25) is 0 Å². The van der Waals surface area contributed by atoms with Gasteiger partial charge in [0, 0.05) is 20.1 Å². The number of carbonyl (C=O) groups is 1. The van der Waals surface area contributed by atoms with Gasteiger partial charge in [0.1, 0.15) is 17.9 Å². The summed E-state index contributed by atoms with van der Waals surface area (Å²) in [6.45, 7) is 0.873. The van der Waals surface area contributed by atoms with Gasteiger partial charge in [0.2, 0.25) is 0 Å². The highest BCUT2D eigenvalue weighted by molar-refractivity contribution is 5.93. The van der Waals surface area contributed by atoms with Gasteiger partial charge < -0.3 is 19.8 Å². The Balaban J connectivity index is 1.98. The van der Waals surface area contributed by atoms with Gasteiger partial charge in [-0.2, -0.15) is 0 Å². The quantitative estimate of drug-likeness (QED) is 0.830. The molecule has 0 aliphatic heterocycles. The molecular weight excluding hydrogens is 274 g/mol. The summed E-state index contributed by atoms with van der Waals surface area (Å²) in [5, 5.41) is 0. The van der Waals surface area contributed by atoms with Gasteiger partial charge in [-0.05, 0) is 0 Å². The van der Waals surface area contributed by atoms with Crippen LogP contribution in [0.25, 0.3) is 11.2 Å². The third-order valence-electron chi connectivity index (χ3n) is 3.97. The molecule has 1 fully saturated rings. The van der Waals surface area contributed by atoms with Crippen LogP contribution in [0.1, 0.15) is 6.04 Å². The second-order valence-electron chi connectivity index (χ2n) is 5.11. The number of carbonyl (C=O) groups excluding carboxylic acids is 1. The highest BCUT2D eigenvalue weighted by atomic mass is 16.5. The molecule has 1 aliphatic rings. The van der Waals surface area contributed by atoms with Gasteiger partial charge in [0.15, 0.2) is 17.2 Å². The molecule has 0 bridgehead atoms. The molecule has 1 saturated carbocycles. The third kappa shape index (κ3) is 2.07. The lowest BCUT2D eigenvalue weighted by atomic mass is 9.68. The van der Waals surface area contributed by atoms with E-state index >= 15 is 0 Å². The van der Waals surface area contributed by atoms with Crippen LogP contribution in [-0.2, 0) is 14.3 Å². The third-order valence-corrected chi connectivity index (χ3v) is 3.97. The van der Waals surface area contributed by atoms with Crippen LogP contribution in [0.4, 0.5) is 5.82 Å². The fourth-order valence-corrected chi connectivity index (χ4v) is 2.94. The van der Waals surface area contributed by atoms with Crippen LogP contribution >= 0.6 is 0 Å². The van der Waals surface area contributed by atoms with E-state index in [-0.39, 0.29) is 23.7 Å². The SMILES string of the molecule is COC[C@H]1[C@H](n2cnc3c(N)ncnc32)C(=O)[C@@H]1COC. The molecule has 0 amide bonds. The lowest BCUT2D eigenvalue weighted by Crippen LogP contribution is -2.52. The molecule has 0 radical (unpaired) electrons. The zero-order valence-electron chi connectivity index (χ0n) is 11.9. The topological polar surface area (TPSA) is 105 Å². The van der Waals surface area contributed by atoms with E-state index in [2.05, 4.69) is 15.0 Å². The highest BCUT2D eigenvalue weighted by Gasteiger charge is 2.51. The maximum atomic E-state index is 12.4. The summed E-state index contributed by atoms with van der Waals surface area (Å²) < 4.78 is 12.1. The number of aromatic nitrogens is 4. The minimum Gasteiger partial charge on any atom is -0.384 e. The maximum Gasteiger partial charge on any atom is 0.166 e. The van der Waals surface area contributed by atoms with Gasteiger partial charge in [0.05, 0.1) is 25.5 Å². The first-order chi connectivity index (χ1) is 10.2. The van der Waals surface area contributed by atoms with E-state index in [9.17, 15) is 4.79 Å². The molecule has 1 aliphatic carbocycles. The van der Waals surface area contributed by atoms with Crippen molar-refractivity contribution in [1.29, 1.82) is 0 Å². The Morgan fingerprint density at radius 2 is 2.00 bits per heavy atom. The van der Waals surface area contributed by atoms with Crippen molar-refractivity contribution in [3.8, 4) is 0 Å². The van der Waals surface area contributed by atoms with Gasteiger partial charge in [-0.1, -0.05) is 0 Å². The number of ketones is 1. The molecule has 0 saturated heterocycles. The fraction of sp³-hybridized carbons (Fsp3) is 0.538. The summed E-state index contributed by atoms with van der Waals surface area (Å²) in [7, 11) is 3.21. The van der Waals surface area contributed by atoms with E-state index in [0.29, 0.717) is 30.2 Å². The second kappa shape index (κ2) is 5.38. The molecule has 2 aromatic heterocycles. The Hall–Kier alpha value is -2.06. The van der Waals surface area contributed by atoms with Gasteiger partial charge >= 0.3 is 0 Å². The first kappa shape index (κ1) is 13.9. The zero-order chi connectivity index (χ0) is 15.0. The number of anilines is 1. The minimum atomic E-state index is -0.343. The number of nitrogens with two attached hydrogens (primary N) is 1. The predicted molar refractivity (Wildman–Crippen MR) is 74.5 cm³/mol. The molecule has 0 unspecified atom stereocenters. The maximum absolute atomic E-state index is 12.4. The van der Waals surface area contributed by atoms with E-state index in [4.69, 9.17) is 15.2 Å². The Labute approximate surface area is 121 Å². The summed E-state index contributed by atoms with van der Waals surface area (Å²) in [6.07, 6.45) is 2.96. The molecule has 112 valence electrons. The first-order valence-electron chi connectivity index (χ1n) is 6.63. The van der Waals surface area contributed by atoms with Crippen LogP contribution < -0.4 is 5.73 Å².